The number of amides is 1. The number of hydrogen-bond acceptors (Lipinski definition) is 2. The van der Waals surface area contributed by atoms with Crippen LogP contribution in [0.4, 0.5) is 0 Å². The van der Waals surface area contributed by atoms with Crippen LogP contribution in [0.1, 0.15) is 19.4 Å². The molecule has 1 heterocycles. The van der Waals surface area contributed by atoms with Crippen LogP contribution in [0.3, 0.4) is 0 Å². The molecule has 0 radical (unpaired) electrons. The summed E-state index contributed by atoms with van der Waals surface area (Å²) < 4.78 is 5.45. The molecule has 0 aromatic heterocycles. The molecule has 86 valence electrons. The van der Waals surface area contributed by atoms with Crippen molar-refractivity contribution in [2.45, 2.75) is 26.0 Å². The fourth-order valence-corrected chi connectivity index (χ4v) is 1.89. The third-order valence-electron chi connectivity index (χ3n) is 2.73. The Morgan fingerprint density at radius 2 is 2.00 bits per heavy atom. The van der Waals surface area contributed by atoms with Crippen LogP contribution in [0.5, 0.6) is 0 Å². The summed E-state index contributed by atoms with van der Waals surface area (Å²) in [6, 6.07) is 10.0. The molecule has 1 aromatic carbocycles. The molecule has 1 aliphatic rings. The third kappa shape index (κ3) is 2.61. The molecular formula is C13H17NO2. The first-order valence-electron chi connectivity index (χ1n) is 5.52. The average molecular weight is 219 g/mol. The van der Waals surface area contributed by atoms with Gasteiger partial charge in [0.15, 0.2) is 0 Å². The van der Waals surface area contributed by atoms with Crippen LogP contribution in [0.2, 0.25) is 0 Å². The predicted octanol–water partition coefficient (Wildman–Crippen LogP) is 1.82. The Hall–Kier alpha value is -1.35. The summed E-state index contributed by atoms with van der Waals surface area (Å²) >= 11 is 0. The summed E-state index contributed by atoms with van der Waals surface area (Å²) in [5, 5.41) is 0. The Kier molecular flexibility index (Phi) is 2.97. The highest BCUT2D eigenvalue weighted by Gasteiger charge is 2.31. The SMILES string of the molecule is CC1(C)CN(Cc2ccccc2)C(=O)CO1. The summed E-state index contributed by atoms with van der Waals surface area (Å²) in [5.41, 5.74) is 0.927. The Labute approximate surface area is 96.0 Å². The second kappa shape index (κ2) is 4.26. The van der Waals surface area contributed by atoms with Gasteiger partial charge in [0.25, 0.3) is 0 Å². The molecule has 0 atom stereocenters. The molecule has 2 rings (SSSR count). The zero-order valence-corrected chi connectivity index (χ0v) is 9.77. The molecular weight excluding hydrogens is 202 g/mol. The average Bonchev–Trinajstić information content (AvgIpc) is 2.25. The maximum atomic E-state index is 11.7. The van der Waals surface area contributed by atoms with Crippen LogP contribution in [0, 0.1) is 0 Å². The predicted molar refractivity (Wildman–Crippen MR) is 61.9 cm³/mol. The van der Waals surface area contributed by atoms with Gasteiger partial charge in [-0.05, 0) is 19.4 Å². The van der Waals surface area contributed by atoms with Gasteiger partial charge in [-0.1, -0.05) is 30.3 Å². The van der Waals surface area contributed by atoms with Crippen molar-refractivity contribution >= 4 is 5.91 Å². The second-order valence-corrected chi connectivity index (χ2v) is 4.78. The fourth-order valence-electron chi connectivity index (χ4n) is 1.89. The monoisotopic (exact) mass is 219 g/mol. The quantitative estimate of drug-likeness (QED) is 0.759. The van der Waals surface area contributed by atoms with Crippen LogP contribution < -0.4 is 0 Å². The van der Waals surface area contributed by atoms with E-state index in [0.29, 0.717) is 13.1 Å². The van der Waals surface area contributed by atoms with Gasteiger partial charge in [0.1, 0.15) is 6.61 Å². The van der Waals surface area contributed by atoms with E-state index in [2.05, 4.69) is 0 Å². The van der Waals surface area contributed by atoms with Gasteiger partial charge in [0.2, 0.25) is 5.91 Å². The van der Waals surface area contributed by atoms with E-state index in [-0.39, 0.29) is 18.1 Å². The van der Waals surface area contributed by atoms with E-state index in [1.165, 1.54) is 0 Å². The van der Waals surface area contributed by atoms with Gasteiger partial charge in [-0.25, -0.2) is 0 Å². The van der Waals surface area contributed by atoms with Crippen LogP contribution in [0.15, 0.2) is 30.3 Å². The van der Waals surface area contributed by atoms with E-state index in [9.17, 15) is 4.79 Å². The summed E-state index contributed by atoms with van der Waals surface area (Å²) in [7, 11) is 0. The molecule has 1 saturated heterocycles. The van der Waals surface area contributed by atoms with Crippen molar-refractivity contribution in [3.8, 4) is 0 Å². The lowest BCUT2D eigenvalue weighted by Crippen LogP contribution is -2.51. The van der Waals surface area contributed by atoms with Crippen molar-refractivity contribution in [3.05, 3.63) is 35.9 Å². The highest BCUT2D eigenvalue weighted by Crippen LogP contribution is 2.19. The van der Waals surface area contributed by atoms with Crippen LogP contribution in [0.25, 0.3) is 0 Å². The largest absolute Gasteiger partial charge is 0.364 e. The standard InChI is InChI=1S/C13H17NO2/c1-13(2)10-14(12(15)9-16-13)8-11-6-4-3-5-7-11/h3-7H,8-10H2,1-2H3. The number of ether oxygens (including phenoxy) is 1. The van der Waals surface area contributed by atoms with Gasteiger partial charge < -0.3 is 9.64 Å². The molecule has 0 spiro atoms. The van der Waals surface area contributed by atoms with Gasteiger partial charge in [-0.2, -0.15) is 0 Å². The van der Waals surface area contributed by atoms with Crippen molar-refractivity contribution in [2.24, 2.45) is 0 Å². The first-order valence-corrected chi connectivity index (χ1v) is 5.52. The van der Waals surface area contributed by atoms with Crippen molar-refractivity contribution in [3.63, 3.8) is 0 Å². The lowest BCUT2D eigenvalue weighted by Gasteiger charge is -2.37. The number of benzene rings is 1. The molecule has 3 nitrogen and oxygen atoms in total. The van der Waals surface area contributed by atoms with E-state index < -0.39 is 0 Å². The Balaban J connectivity index is 2.06. The normalized spacial score (nSPS) is 19.9. The minimum absolute atomic E-state index is 0.0724. The third-order valence-corrected chi connectivity index (χ3v) is 2.73. The number of rotatable bonds is 2. The topological polar surface area (TPSA) is 29.5 Å². The first kappa shape index (κ1) is 11.1. The van der Waals surface area contributed by atoms with E-state index in [1.807, 2.05) is 49.1 Å². The first-order chi connectivity index (χ1) is 7.57. The zero-order valence-electron chi connectivity index (χ0n) is 9.77. The maximum absolute atomic E-state index is 11.7. The summed E-state index contributed by atoms with van der Waals surface area (Å²) in [5.74, 6) is 0.0724. The van der Waals surface area contributed by atoms with Gasteiger partial charge in [-0.15, -0.1) is 0 Å². The fraction of sp³-hybridized carbons (Fsp3) is 0.462. The molecule has 0 bridgehead atoms. The second-order valence-electron chi connectivity index (χ2n) is 4.78. The molecule has 0 aliphatic carbocycles. The molecule has 1 fully saturated rings. The van der Waals surface area contributed by atoms with Gasteiger partial charge in [-0.3, -0.25) is 4.79 Å². The lowest BCUT2D eigenvalue weighted by atomic mass is 10.1. The lowest BCUT2D eigenvalue weighted by molar-refractivity contribution is -0.159. The molecule has 0 saturated carbocycles. The molecule has 1 amide bonds. The van der Waals surface area contributed by atoms with Gasteiger partial charge in [0.05, 0.1) is 5.60 Å². The Morgan fingerprint density at radius 1 is 1.31 bits per heavy atom. The zero-order chi connectivity index (χ0) is 11.6. The number of carbonyl (C=O) groups is 1. The van der Waals surface area contributed by atoms with Gasteiger partial charge in [0, 0.05) is 13.1 Å². The van der Waals surface area contributed by atoms with E-state index in [4.69, 9.17) is 4.74 Å². The molecule has 1 aromatic rings. The minimum Gasteiger partial charge on any atom is -0.364 e. The molecule has 0 unspecified atom stereocenters. The van der Waals surface area contributed by atoms with Crippen LogP contribution in [-0.4, -0.2) is 29.6 Å². The van der Waals surface area contributed by atoms with Crippen molar-refractivity contribution in [1.82, 2.24) is 4.90 Å². The number of hydrogen-bond donors (Lipinski definition) is 0. The Morgan fingerprint density at radius 3 is 2.69 bits per heavy atom. The summed E-state index contributed by atoms with van der Waals surface area (Å²) in [4.78, 5) is 13.5. The molecule has 3 heteroatoms. The number of carbonyl (C=O) groups excluding carboxylic acids is 1. The Bertz CT molecular complexity index is 373. The van der Waals surface area contributed by atoms with Crippen LogP contribution in [-0.2, 0) is 16.1 Å². The van der Waals surface area contributed by atoms with Crippen LogP contribution >= 0.6 is 0 Å². The van der Waals surface area contributed by atoms with Crippen molar-refractivity contribution in [2.75, 3.05) is 13.2 Å². The number of nitrogens with zero attached hydrogens (tertiary/aromatic N) is 1. The van der Waals surface area contributed by atoms with Gasteiger partial charge >= 0.3 is 0 Å². The summed E-state index contributed by atoms with van der Waals surface area (Å²) in [6.07, 6.45) is 0. The highest BCUT2D eigenvalue weighted by molar-refractivity contribution is 5.78. The van der Waals surface area contributed by atoms with E-state index in [1.54, 1.807) is 0 Å². The molecule has 1 aliphatic heterocycles. The van der Waals surface area contributed by atoms with Crippen molar-refractivity contribution < 1.29 is 9.53 Å². The van der Waals surface area contributed by atoms with E-state index >= 15 is 0 Å². The van der Waals surface area contributed by atoms with Crippen molar-refractivity contribution in [1.29, 1.82) is 0 Å². The smallest absolute Gasteiger partial charge is 0.248 e. The van der Waals surface area contributed by atoms with E-state index in [0.717, 1.165) is 5.56 Å². The minimum atomic E-state index is -0.233. The summed E-state index contributed by atoms with van der Waals surface area (Å²) in [6.45, 7) is 5.54. The highest BCUT2D eigenvalue weighted by atomic mass is 16.5. The number of morpholine rings is 1. The molecule has 16 heavy (non-hydrogen) atoms. The molecule has 0 N–H and O–H groups in total. The maximum Gasteiger partial charge on any atom is 0.248 e.